The topological polar surface area (TPSA) is 79.1 Å². The van der Waals surface area contributed by atoms with E-state index in [1.54, 1.807) is 30.6 Å². The smallest absolute Gasteiger partial charge is 0.338 e. The fourth-order valence-electron chi connectivity index (χ4n) is 4.14. The van der Waals surface area contributed by atoms with E-state index in [0.717, 1.165) is 14.5 Å². The molecule has 0 N–H and O–H groups in total. The van der Waals surface area contributed by atoms with E-state index in [9.17, 15) is 9.59 Å². The van der Waals surface area contributed by atoms with Gasteiger partial charge in [-0.3, -0.25) is 9.36 Å². The first-order chi connectivity index (χ1) is 18.3. The third-order valence-corrected chi connectivity index (χ3v) is 7.72. The molecule has 2 heterocycles. The molecule has 7 nitrogen and oxygen atoms in total. The van der Waals surface area contributed by atoms with Crippen molar-refractivity contribution in [1.29, 1.82) is 0 Å². The Morgan fingerprint density at radius 3 is 2.55 bits per heavy atom. The van der Waals surface area contributed by atoms with Crippen molar-refractivity contribution in [2.45, 2.75) is 26.8 Å². The number of aromatic nitrogens is 1. The Morgan fingerprint density at radius 1 is 1.16 bits per heavy atom. The first kappa shape index (κ1) is 28.1. The highest BCUT2D eigenvalue weighted by Gasteiger charge is 2.33. The molecule has 0 saturated heterocycles. The molecule has 10 heteroatoms. The molecule has 4 rings (SSSR count). The number of hydrogen-bond donors (Lipinski definition) is 0. The molecular weight excluding hydrogens is 636 g/mol. The lowest BCUT2D eigenvalue weighted by atomic mass is 9.96. The Bertz CT molecular complexity index is 1590. The van der Waals surface area contributed by atoms with Gasteiger partial charge in [-0.1, -0.05) is 52.1 Å². The number of esters is 1. The highest BCUT2D eigenvalue weighted by atomic mass is 79.9. The summed E-state index contributed by atoms with van der Waals surface area (Å²) in [5, 5.41) is 0. The SMILES string of the molecule is C=CCOc1c(Br)cc(Br)cc1/C=c1\sc2n(c1=O)[C@H](c1ccc(OCC)cc1)C(C(=O)OCC)=C(C)N=2. The Kier molecular flexibility index (Phi) is 9.07. The van der Waals surface area contributed by atoms with Crippen LogP contribution in [0.3, 0.4) is 0 Å². The minimum absolute atomic E-state index is 0.210. The van der Waals surface area contributed by atoms with Crippen LogP contribution in [0.1, 0.15) is 37.9 Å². The van der Waals surface area contributed by atoms with Crippen LogP contribution in [-0.2, 0) is 9.53 Å². The summed E-state index contributed by atoms with van der Waals surface area (Å²) in [4.78, 5) is 32.1. The molecule has 38 heavy (non-hydrogen) atoms. The summed E-state index contributed by atoms with van der Waals surface area (Å²) < 4.78 is 20.4. The highest BCUT2D eigenvalue weighted by molar-refractivity contribution is 9.11. The Balaban J connectivity index is 1.93. The number of rotatable bonds is 9. The molecule has 198 valence electrons. The first-order valence-electron chi connectivity index (χ1n) is 11.9. The zero-order chi connectivity index (χ0) is 27.4. The van der Waals surface area contributed by atoms with Gasteiger partial charge in [0.15, 0.2) is 4.80 Å². The summed E-state index contributed by atoms with van der Waals surface area (Å²) in [5.74, 6) is 0.790. The number of halogens is 2. The minimum Gasteiger partial charge on any atom is -0.494 e. The summed E-state index contributed by atoms with van der Waals surface area (Å²) in [6.45, 7) is 10.2. The van der Waals surface area contributed by atoms with E-state index in [1.807, 2.05) is 43.3 Å². The maximum atomic E-state index is 13.9. The predicted molar refractivity (Wildman–Crippen MR) is 156 cm³/mol. The van der Waals surface area contributed by atoms with Crippen LogP contribution in [-0.4, -0.2) is 30.4 Å². The molecule has 1 atom stereocenters. The molecule has 0 fully saturated rings. The van der Waals surface area contributed by atoms with Gasteiger partial charge in [-0.25, -0.2) is 9.79 Å². The monoisotopic (exact) mass is 660 g/mol. The van der Waals surface area contributed by atoms with Crippen LogP contribution < -0.4 is 24.4 Å². The van der Waals surface area contributed by atoms with Gasteiger partial charge in [-0.15, -0.1) is 0 Å². The summed E-state index contributed by atoms with van der Waals surface area (Å²) >= 11 is 8.31. The van der Waals surface area contributed by atoms with E-state index >= 15 is 0 Å². The van der Waals surface area contributed by atoms with Crippen molar-refractivity contribution in [3.05, 3.63) is 100 Å². The molecule has 0 unspecified atom stereocenters. The van der Waals surface area contributed by atoms with Crippen LogP contribution in [0.2, 0.25) is 0 Å². The van der Waals surface area contributed by atoms with E-state index in [-0.39, 0.29) is 12.2 Å². The molecular formula is C28H26Br2N2O5S. The van der Waals surface area contributed by atoms with E-state index in [1.165, 1.54) is 11.3 Å². The third kappa shape index (κ3) is 5.72. The molecule has 0 saturated carbocycles. The fraction of sp³-hybridized carbons (Fsp3) is 0.250. The molecule has 0 spiro atoms. The van der Waals surface area contributed by atoms with Crippen LogP contribution >= 0.6 is 43.2 Å². The number of carbonyl (C=O) groups excluding carboxylic acids is 1. The molecule has 3 aromatic rings. The molecule has 0 amide bonds. The van der Waals surface area contributed by atoms with Gasteiger partial charge in [0.05, 0.1) is 39.5 Å². The molecule has 1 aromatic heterocycles. The summed E-state index contributed by atoms with van der Waals surface area (Å²) in [6.07, 6.45) is 3.43. The van der Waals surface area contributed by atoms with Crippen molar-refractivity contribution in [1.82, 2.24) is 4.57 Å². The lowest BCUT2D eigenvalue weighted by Gasteiger charge is -2.24. The van der Waals surface area contributed by atoms with Crippen molar-refractivity contribution in [2.75, 3.05) is 19.8 Å². The van der Waals surface area contributed by atoms with E-state index in [4.69, 9.17) is 14.2 Å². The van der Waals surface area contributed by atoms with Gasteiger partial charge in [0.25, 0.3) is 5.56 Å². The minimum atomic E-state index is -0.700. The Labute approximate surface area is 241 Å². The second-order valence-electron chi connectivity index (χ2n) is 8.21. The number of benzene rings is 2. The van der Waals surface area contributed by atoms with Crippen molar-refractivity contribution in [3.8, 4) is 11.5 Å². The van der Waals surface area contributed by atoms with E-state index in [2.05, 4.69) is 43.4 Å². The quantitative estimate of drug-likeness (QED) is 0.230. The maximum absolute atomic E-state index is 13.9. The molecule has 0 radical (unpaired) electrons. The van der Waals surface area contributed by atoms with Crippen LogP contribution in [0.25, 0.3) is 6.08 Å². The van der Waals surface area contributed by atoms with Gasteiger partial charge >= 0.3 is 5.97 Å². The normalized spacial score (nSPS) is 15.1. The summed E-state index contributed by atoms with van der Waals surface area (Å²) in [6, 6.07) is 10.4. The molecule has 1 aliphatic rings. The predicted octanol–water partition coefficient (Wildman–Crippen LogP) is 5.29. The average molecular weight is 662 g/mol. The number of hydrogen-bond acceptors (Lipinski definition) is 7. The lowest BCUT2D eigenvalue weighted by molar-refractivity contribution is -0.139. The van der Waals surface area contributed by atoms with Gasteiger partial charge in [0.2, 0.25) is 0 Å². The largest absolute Gasteiger partial charge is 0.494 e. The summed E-state index contributed by atoms with van der Waals surface area (Å²) in [5.41, 5.74) is 2.02. The number of ether oxygens (including phenoxy) is 3. The van der Waals surface area contributed by atoms with Gasteiger partial charge in [0, 0.05) is 10.0 Å². The van der Waals surface area contributed by atoms with Gasteiger partial charge in [-0.2, -0.15) is 0 Å². The summed E-state index contributed by atoms with van der Waals surface area (Å²) in [7, 11) is 0. The second kappa shape index (κ2) is 12.3. The van der Waals surface area contributed by atoms with Crippen molar-refractivity contribution < 1.29 is 19.0 Å². The average Bonchev–Trinajstić information content (AvgIpc) is 3.17. The van der Waals surface area contributed by atoms with Crippen molar-refractivity contribution in [3.63, 3.8) is 0 Å². The lowest BCUT2D eigenvalue weighted by Crippen LogP contribution is -2.39. The Morgan fingerprint density at radius 2 is 1.89 bits per heavy atom. The Hall–Kier alpha value is -2.95. The molecule has 0 bridgehead atoms. The number of carbonyl (C=O) groups is 1. The maximum Gasteiger partial charge on any atom is 0.338 e. The number of allylic oxidation sites excluding steroid dienone is 1. The fourth-order valence-corrected chi connectivity index (χ4v) is 6.55. The highest BCUT2D eigenvalue weighted by Crippen LogP contribution is 2.34. The number of fused-ring (bicyclic) bond motifs is 1. The van der Waals surface area contributed by atoms with Crippen LogP contribution in [0.5, 0.6) is 11.5 Å². The number of nitrogens with zero attached hydrogens (tertiary/aromatic N) is 2. The van der Waals surface area contributed by atoms with Crippen LogP contribution in [0.4, 0.5) is 0 Å². The van der Waals surface area contributed by atoms with Crippen LogP contribution in [0, 0.1) is 0 Å². The third-order valence-electron chi connectivity index (χ3n) is 5.69. The standard InChI is InChI=1S/C28H26Br2N2O5S/c1-5-12-37-25-18(13-19(29)15-21(25)30)14-22-26(33)32-24(17-8-10-20(11-9-17)35-6-2)23(27(34)36-7-3)16(4)31-28(32)38-22/h5,8-11,13-15,24H,1,6-7,12H2,2-4H3/b22-14-/t24-/m1/s1. The van der Waals surface area contributed by atoms with E-state index < -0.39 is 12.0 Å². The molecule has 0 aliphatic carbocycles. The van der Waals surface area contributed by atoms with Gasteiger partial charge < -0.3 is 14.2 Å². The zero-order valence-corrected chi connectivity index (χ0v) is 25.1. The van der Waals surface area contributed by atoms with Crippen LogP contribution in [0.15, 0.2) is 79.1 Å². The van der Waals surface area contributed by atoms with Gasteiger partial charge in [-0.05, 0) is 72.6 Å². The van der Waals surface area contributed by atoms with Crippen molar-refractivity contribution in [2.24, 2.45) is 4.99 Å². The first-order valence-corrected chi connectivity index (χ1v) is 14.3. The van der Waals surface area contributed by atoms with E-state index in [0.29, 0.717) is 50.9 Å². The zero-order valence-electron chi connectivity index (χ0n) is 21.1. The molecule has 1 aliphatic heterocycles. The van der Waals surface area contributed by atoms with Crippen molar-refractivity contribution >= 4 is 55.2 Å². The molecule has 2 aromatic carbocycles. The second-order valence-corrected chi connectivity index (χ2v) is 11.0. The number of thiazole rings is 1. The van der Waals surface area contributed by atoms with Gasteiger partial charge in [0.1, 0.15) is 18.1 Å².